The molecule has 0 aliphatic rings. The van der Waals surface area contributed by atoms with Crippen molar-refractivity contribution in [1.82, 2.24) is 5.32 Å². The smallest absolute Gasteiger partial charge is 0.0130 e. The number of likely N-dealkylation sites (N-methyl/N-ethyl adjacent to an activating group) is 1. The minimum absolute atomic E-state index is 0.631. The molecule has 0 spiro atoms. The maximum Gasteiger partial charge on any atom is 0.0130 e. The predicted octanol–water partition coefficient (Wildman–Crippen LogP) is 5.17. The Morgan fingerprint density at radius 2 is 1.63 bits per heavy atom. The van der Waals surface area contributed by atoms with E-state index in [0.717, 1.165) is 6.42 Å². The quantitative estimate of drug-likeness (QED) is 0.441. The Labute approximate surface area is 132 Å². The number of halogens is 1. The Kier molecular flexibility index (Phi) is 9.52. The molecule has 0 aliphatic heterocycles. The van der Waals surface area contributed by atoms with Gasteiger partial charge in [0, 0.05) is 9.61 Å². The molecule has 19 heavy (non-hydrogen) atoms. The standard InChI is InChI=1S/C17H28IN/c1-3-4-5-6-7-8-9-17(19-2)14-15-10-12-16(18)13-11-15/h10-13,17,19H,3-9,14H2,1-2H3. The molecule has 0 amide bonds. The SMILES string of the molecule is CCCCCCCCC(Cc1ccc(I)cc1)NC. The first-order valence-corrected chi connectivity index (χ1v) is 8.75. The molecular formula is C17H28IN. The molecule has 0 saturated heterocycles. The van der Waals surface area contributed by atoms with Crippen LogP contribution >= 0.6 is 22.6 Å². The number of benzene rings is 1. The van der Waals surface area contributed by atoms with E-state index in [0.29, 0.717) is 6.04 Å². The van der Waals surface area contributed by atoms with Crippen molar-refractivity contribution in [2.75, 3.05) is 7.05 Å². The summed E-state index contributed by atoms with van der Waals surface area (Å²) >= 11 is 2.36. The van der Waals surface area contributed by atoms with E-state index in [2.05, 4.69) is 66.1 Å². The van der Waals surface area contributed by atoms with Crippen LogP contribution in [0, 0.1) is 3.57 Å². The van der Waals surface area contributed by atoms with E-state index >= 15 is 0 Å². The average Bonchev–Trinajstić information content (AvgIpc) is 2.43. The molecule has 0 fully saturated rings. The van der Waals surface area contributed by atoms with Crippen LogP contribution in [0.15, 0.2) is 24.3 Å². The van der Waals surface area contributed by atoms with E-state index in [1.807, 2.05) is 0 Å². The van der Waals surface area contributed by atoms with Gasteiger partial charge in [-0.1, -0.05) is 57.6 Å². The maximum absolute atomic E-state index is 3.47. The molecular weight excluding hydrogens is 345 g/mol. The molecule has 1 nitrogen and oxygen atoms in total. The summed E-state index contributed by atoms with van der Waals surface area (Å²) in [7, 11) is 2.09. The summed E-state index contributed by atoms with van der Waals surface area (Å²) < 4.78 is 1.32. The van der Waals surface area contributed by atoms with Gasteiger partial charge in [0.25, 0.3) is 0 Å². The summed E-state index contributed by atoms with van der Waals surface area (Å²) in [5.41, 5.74) is 1.45. The van der Waals surface area contributed by atoms with Gasteiger partial charge < -0.3 is 5.32 Å². The summed E-state index contributed by atoms with van der Waals surface area (Å²) in [6.07, 6.45) is 10.8. The fraction of sp³-hybridized carbons (Fsp3) is 0.647. The number of rotatable bonds is 10. The Bertz CT molecular complexity index is 321. The fourth-order valence-electron chi connectivity index (χ4n) is 2.42. The molecule has 1 atom stereocenters. The minimum Gasteiger partial charge on any atom is -0.317 e. The summed E-state index contributed by atoms with van der Waals surface area (Å²) in [6, 6.07) is 9.55. The van der Waals surface area contributed by atoms with E-state index in [1.54, 1.807) is 0 Å². The monoisotopic (exact) mass is 373 g/mol. The van der Waals surface area contributed by atoms with Crippen LogP contribution in [0.2, 0.25) is 0 Å². The van der Waals surface area contributed by atoms with Crippen molar-refractivity contribution in [3.05, 3.63) is 33.4 Å². The third-order valence-electron chi connectivity index (χ3n) is 3.71. The highest BCUT2D eigenvalue weighted by molar-refractivity contribution is 14.1. The highest BCUT2D eigenvalue weighted by atomic mass is 127. The zero-order valence-electron chi connectivity index (χ0n) is 12.4. The molecule has 108 valence electrons. The second-order valence-corrected chi connectivity index (χ2v) is 6.62. The Morgan fingerprint density at radius 3 is 2.26 bits per heavy atom. The molecule has 1 unspecified atom stereocenters. The molecule has 0 aliphatic carbocycles. The third-order valence-corrected chi connectivity index (χ3v) is 4.43. The lowest BCUT2D eigenvalue weighted by atomic mass is 10.00. The van der Waals surface area contributed by atoms with Gasteiger partial charge in [0.1, 0.15) is 0 Å². The Balaban J connectivity index is 2.20. The number of hydrogen-bond donors (Lipinski definition) is 1. The highest BCUT2D eigenvalue weighted by Crippen LogP contribution is 2.13. The van der Waals surface area contributed by atoms with Crippen LogP contribution in [0.3, 0.4) is 0 Å². The van der Waals surface area contributed by atoms with Gasteiger partial charge >= 0.3 is 0 Å². The second-order valence-electron chi connectivity index (χ2n) is 5.37. The Morgan fingerprint density at radius 1 is 1.00 bits per heavy atom. The second kappa shape index (κ2) is 10.7. The third kappa shape index (κ3) is 7.93. The molecule has 0 aromatic heterocycles. The molecule has 1 aromatic rings. The van der Waals surface area contributed by atoms with Crippen LogP contribution in [-0.2, 0) is 6.42 Å². The molecule has 0 saturated carbocycles. The van der Waals surface area contributed by atoms with Gasteiger partial charge in [-0.2, -0.15) is 0 Å². The molecule has 0 heterocycles. The lowest BCUT2D eigenvalue weighted by Gasteiger charge is -2.16. The zero-order chi connectivity index (χ0) is 13.9. The fourth-order valence-corrected chi connectivity index (χ4v) is 2.78. The zero-order valence-corrected chi connectivity index (χ0v) is 14.6. The molecule has 1 rings (SSSR count). The van der Waals surface area contributed by atoms with Crippen LogP contribution in [0.25, 0.3) is 0 Å². The van der Waals surface area contributed by atoms with E-state index in [9.17, 15) is 0 Å². The first-order chi connectivity index (χ1) is 9.26. The van der Waals surface area contributed by atoms with E-state index in [1.165, 1.54) is 54.1 Å². The number of hydrogen-bond acceptors (Lipinski definition) is 1. The summed E-state index contributed by atoms with van der Waals surface area (Å²) in [6.45, 7) is 2.28. The molecule has 0 radical (unpaired) electrons. The largest absolute Gasteiger partial charge is 0.317 e. The van der Waals surface area contributed by atoms with Gasteiger partial charge in [-0.3, -0.25) is 0 Å². The lowest BCUT2D eigenvalue weighted by Crippen LogP contribution is -2.27. The normalized spacial score (nSPS) is 12.6. The van der Waals surface area contributed by atoms with Crippen molar-refractivity contribution in [2.24, 2.45) is 0 Å². The molecule has 2 heteroatoms. The van der Waals surface area contributed by atoms with Crippen molar-refractivity contribution in [3.8, 4) is 0 Å². The maximum atomic E-state index is 3.47. The van der Waals surface area contributed by atoms with Crippen LogP contribution in [0.5, 0.6) is 0 Å². The van der Waals surface area contributed by atoms with Crippen LogP contribution < -0.4 is 5.32 Å². The van der Waals surface area contributed by atoms with Gasteiger partial charge in [0.05, 0.1) is 0 Å². The molecule has 1 aromatic carbocycles. The van der Waals surface area contributed by atoms with Gasteiger partial charge in [-0.15, -0.1) is 0 Å². The van der Waals surface area contributed by atoms with Gasteiger partial charge in [-0.05, 0) is 60.2 Å². The van der Waals surface area contributed by atoms with Gasteiger partial charge in [0.2, 0.25) is 0 Å². The van der Waals surface area contributed by atoms with Gasteiger partial charge in [0.15, 0.2) is 0 Å². The predicted molar refractivity (Wildman–Crippen MR) is 93.7 cm³/mol. The summed E-state index contributed by atoms with van der Waals surface area (Å²) in [4.78, 5) is 0. The van der Waals surface area contributed by atoms with Crippen LogP contribution in [0.4, 0.5) is 0 Å². The van der Waals surface area contributed by atoms with Crippen molar-refractivity contribution in [1.29, 1.82) is 0 Å². The summed E-state index contributed by atoms with van der Waals surface area (Å²) in [5, 5.41) is 3.47. The van der Waals surface area contributed by atoms with E-state index in [-0.39, 0.29) is 0 Å². The van der Waals surface area contributed by atoms with Crippen LogP contribution in [-0.4, -0.2) is 13.1 Å². The van der Waals surface area contributed by atoms with Gasteiger partial charge in [-0.25, -0.2) is 0 Å². The van der Waals surface area contributed by atoms with Crippen LogP contribution in [0.1, 0.15) is 57.4 Å². The van der Waals surface area contributed by atoms with Crippen molar-refractivity contribution >= 4 is 22.6 Å². The number of nitrogens with one attached hydrogen (secondary N) is 1. The Hall–Kier alpha value is -0.0900. The first kappa shape index (κ1) is 17.0. The van der Waals surface area contributed by atoms with Crippen molar-refractivity contribution < 1.29 is 0 Å². The molecule has 0 bridgehead atoms. The van der Waals surface area contributed by atoms with E-state index < -0.39 is 0 Å². The first-order valence-electron chi connectivity index (χ1n) is 7.68. The lowest BCUT2D eigenvalue weighted by molar-refractivity contribution is 0.480. The van der Waals surface area contributed by atoms with Crippen molar-refractivity contribution in [2.45, 2.75) is 64.3 Å². The molecule has 1 N–H and O–H groups in total. The highest BCUT2D eigenvalue weighted by Gasteiger charge is 2.06. The number of unbranched alkanes of at least 4 members (excludes halogenated alkanes) is 5. The minimum atomic E-state index is 0.631. The average molecular weight is 373 g/mol. The van der Waals surface area contributed by atoms with Crippen molar-refractivity contribution in [3.63, 3.8) is 0 Å². The topological polar surface area (TPSA) is 12.0 Å². The van der Waals surface area contributed by atoms with E-state index in [4.69, 9.17) is 0 Å². The summed E-state index contributed by atoms with van der Waals surface area (Å²) in [5.74, 6) is 0.